The third kappa shape index (κ3) is 3.37. The summed E-state index contributed by atoms with van der Waals surface area (Å²) in [6, 6.07) is 18.4. The average Bonchev–Trinajstić information content (AvgIpc) is 2.53. The van der Waals surface area contributed by atoms with Crippen molar-refractivity contribution in [2.24, 2.45) is 0 Å². The molecule has 3 nitrogen and oxygen atoms in total. The van der Waals surface area contributed by atoms with Gasteiger partial charge in [-0.3, -0.25) is 0 Å². The van der Waals surface area contributed by atoms with Crippen LogP contribution in [0.15, 0.2) is 48.5 Å². The molecule has 0 aromatic heterocycles. The van der Waals surface area contributed by atoms with Crippen molar-refractivity contribution >= 4 is 0 Å². The van der Waals surface area contributed by atoms with Crippen LogP contribution < -0.4 is 10.1 Å². The van der Waals surface area contributed by atoms with Crippen molar-refractivity contribution in [3.05, 3.63) is 65.2 Å². The zero-order valence-corrected chi connectivity index (χ0v) is 11.8. The second kappa shape index (κ2) is 6.74. The third-order valence-corrected chi connectivity index (χ3v) is 3.30. The summed E-state index contributed by atoms with van der Waals surface area (Å²) in [6.07, 6.45) is 0. The van der Waals surface area contributed by atoms with Gasteiger partial charge in [0, 0.05) is 12.6 Å². The lowest BCUT2D eigenvalue weighted by molar-refractivity contribution is 0.413. The van der Waals surface area contributed by atoms with Gasteiger partial charge >= 0.3 is 0 Å². The highest BCUT2D eigenvalue weighted by atomic mass is 16.5. The molecule has 0 bridgehead atoms. The molecule has 0 saturated heterocycles. The largest absolute Gasteiger partial charge is 0.495 e. The smallest absolute Gasteiger partial charge is 0.136 e. The molecule has 0 fully saturated rings. The molecule has 0 aliphatic heterocycles. The lowest BCUT2D eigenvalue weighted by Crippen LogP contribution is -2.18. The lowest BCUT2D eigenvalue weighted by Gasteiger charge is -2.14. The van der Waals surface area contributed by atoms with E-state index in [4.69, 9.17) is 10.00 Å². The molecule has 0 saturated carbocycles. The Morgan fingerprint density at radius 2 is 1.95 bits per heavy atom. The maximum Gasteiger partial charge on any atom is 0.136 e. The molecule has 0 spiro atoms. The van der Waals surface area contributed by atoms with Crippen molar-refractivity contribution in [3.8, 4) is 11.8 Å². The number of nitrogens with zero attached hydrogens (tertiary/aromatic N) is 1. The number of methoxy groups -OCH3 is 1. The van der Waals surface area contributed by atoms with Gasteiger partial charge < -0.3 is 10.1 Å². The van der Waals surface area contributed by atoms with E-state index in [1.165, 1.54) is 5.56 Å². The fraction of sp³-hybridized carbons (Fsp3) is 0.235. The number of nitriles is 1. The lowest BCUT2D eigenvalue weighted by atomic mass is 10.1. The Hall–Kier alpha value is -2.31. The summed E-state index contributed by atoms with van der Waals surface area (Å²) >= 11 is 0. The molecule has 2 aromatic carbocycles. The van der Waals surface area contributed by atoms with Crippen LogP contribution in [-0.2, 0) is 6.54 Å². The average molecular weight is 266 g/mol. The van der Waals surface area contributed by atoms with Gasteiger partial charge in [-0.05, 0) is 30.2 Å². The van der Waals surface area contributed by atoms with Crippen LogP contribution in [0, 0.1) is 11.3 Å². The number of hydrogen-bond donors (Lipinski definition) is 1. The number of ether oxygens (including phenoxy) is 1. The van der Waals surface area contributed by atoms with Crippen molar-refractivity contribution in [3.63, 3.8) is 0 Å². The van der Waals surface area contributed by atoms with E-state index >= 15 is 0 Å². The molecule has 1 N–H and O–H groups in total. The number of benzene rings is 2. The molecule has 0 aliphatic carbocycles. The maximum atomic E-state index is 9.08. The monoisotopic (exact) mass is 266 g/mol. The van der Waals surface area contributed by atoms with E-state index in [1.807, 2.05) is 36.4 Å². The quantitative estimate of drug-likeness (QED) is 0.902. The molecule has 0 heterocycles. The van der Waals surface area contributed by atoms with Gasteiger partial charge in [0.2, 0.25) is 0 Å². The van der Waals surface area contributed by atoms with Crippen LogP contribution in [0.1, 0.15) is 29.7 Å². The van der Waals surface area contributed by atoms with Crippen LogP contribution in [0.2, 0.25) is 0 Å². The molecule has 2 rings (SSSR count). The predicted octanol–water partition coefficient (Wildman–Crippen LogP) is 3.42. The summed E-state index contributed by atoms with van der Waals surface area (Å²) in [4.78, 5) is 0. The Balaban J connectivity index is 2.03. The van der Waals surface area contributed by atoms with E-state index in [2.05, 4.69) is 30.4 Å². The first-order chi connectivity index (χ1) is 9.74. The molecule has 0 radical (unpaired) electrons. The Morgan fingerprint density at radius 3 is 2.60 bits per heavy atom. The minimum atomic E-state index is 0.267. The Labute approximate surface area is 119 Å². The fourth-order valence-electron chi connectivity index (χ4n) is 2.08. The summed E-state index contributed by atoms with van der Waals surface area (Å²) in [5.41, 5.74) is 2.89. The van der Waals surface area contributed by atoms with Gasteiger partial charge in [0.1, 0.15) is 11.8 Å². The number of hydrogen-bond acceptors (Lipinski definition) is 3. The van der Waals surface area contributed by atoms with Crippen LogP contribution in [0.25, 0.3) is 0 Å². The van der Waals surface area contributed by atoms with Crippen LogP contribution in [0.5, 0.6) is 5.75 Å². The molecule has 1 atom stereocenters. The minimum Gasteiger partial charge on any atom is -0.495 e. The van der Waals surface area contributed by atoms with E-state index in [0.717, 1.165) is 5.56 Å². The van der Waals surface area contributed by atoms with Gasteiger partial charge in [0.25, 0.3) is 0 Å². The summed E-state index contributed by atoms with van der Waals surface area (Å²) < 4.78 is 5.14. The van der Waals surface area contributed by atoms with Gasteiger partial charge in [0.05, 0.1) is 12.7 Å². The van der Waals surface area contributed by atoms with Crippen LogP contribution in [0.4, 0.5) is 0 Å². The highest BCUT2D eigenvalue weighted by Crippen LogP contribution is 2.19. The zero-order valence-electron chi connectivity index (χ0n) is 11.8. The van der Waals surface area contributed by atoms with Gasteiger partial charge in [-0.15, -0.1) is 0 Å². The maximum absolute atomic E-state index is 9.08. The molecule has 0 unspecified atom stereocenters. The standard InChI is InChI=1S/C17H18N2O/c1-13(15-6-4-3-5-7-15)19-12-14-8-9-17(20-2)16(10-14)11-18/h3-10,13,19H,12H2,1-2H3/t13-/m1/s1. The molecular weight excluding hydrogens is 248 g/mol. The van der Waals surface area contributed by atoms with Gasteiger partial charge in [0.15, 0.2) is 0 Å². The molecule has 0 amide bonds. The Kier molecular flexibility index (Phi) is 4.75. The van der Waals surface area contributed by atoms with E-state index in [0.29, 0.717) is 17.9 Å². The van der Waals surface area contributed by atoms with Gasteiger partial charge in [-0.2, -0.15) is 5.26 Å². The van der Waals surface area contributed by atoms with Crippen molar-refractivity contribution in [1.29, 1.82) is 5.26 Å². The molecule has 2 aromatic rings. The third-order valence-electron chi connectivity index (χ3n) is 3.30. The van der Waals surface area contributed by atoms with Crippen LogP contribution in [0.3, 0.4) is 0 Å². The van der Waals surface area contributed by atoms with E-state index in [1.54, 1.807) is 7.11 Å². The van der Waals surface area contributed by atoms with Gasteiger partial charge in [-0.1, -0.05) is 36.4 Å². The summed E-state index contributed by atoms with van der Waals surface area (Å²) in [5, 5.41) is 12.5. The minimum absolute atomic E-state index is 0.267. The highest BCUT2D eigenvalue weighted by Gasteiger charge is 2.06. The van der Waals surface area contributed by atoms with E-state index in [9.17, 15) is 0 Å². The van der Waals surface area contributed by atoms with Crippen molar-refractivity contribution in [2.75, 3.05) is 7.11 Å². The highest BCUT2D eigenvalue weighted by molar-refractivity contribution is 5.45. The SMILES string of the molecule is COc1ccc(CN[C@H](C)c2ccccc2)cc1C#N. The van der Waals surface area contributed by atoms with Crippen LogP contribution >= 0.6 is 0 Å². The first kappa shape index (κ1) is 14.1. The summed E-state index contributed by atoms with van der Waals surface area (Å²) in [7, 11) is 1.57. The second-order valence-electron chi connectivity index (χ2n) is 4.66. The summed E-state index contributed by atoms with van der Waals surface area (Å²) in [5.74, 6) is 0.618. The van der Waals surface area contributed by atoms with Crippen LogP contribution in [-0.4, -0.2) is 7.11 Å². The van der Waals surface area contributed by atoms with Crippen molar-refractivity contribution in [1.82, 2.24) is 5.32 Å². The summed E-state index contributed by atoms with van der Waals surface area (Å²) in [6.45, 7) is 2.85. The molecule has 102 valence electrons. The van der Waals surface area contributed by atoms with E-state index in [-0.39, 0.29) is 6.04 Å². The zero-order chi connectivity index (χ0) is 14.4. The Morgan fingerprint density at radius 1 is 1.20 bits per heavy atom. The fourth-order valence-corrected chi connectivity index (χ4v) is 2.08. The van der Waals surface area contributed by atoms with E-state index < -0.39 is 0 Å². The second-order valence-corrected chi connectivity index (χ2v) is 4.66. The van der Waals surface area contributed by atoms with Crippen molar-refractivity contribution in [2.45, 2.75) is 19.5 Å². The Bertz CT molecular complexity index is 602. The molecular formula is C17H18N2O. The normalized spacial score (nSPS) is 11.7. The first-order valence-electron chi connectivity index (χ1n) is 6.60. The van der Waals surface area contributed by atoms with Gasteiger partial charge in [-0.25, -0.2) is 0 Å². The topological polar surface area (TPSA) is 45.0 Å². The number of nitrogens with one attached hydrogen (secondary N) is 1. The first-order valence-corrected chi connectivity index (χ1v) is 6.60. The molecule has 0 aliphatic rings. The predicted molar refractivity (Wildman–Crippen MR) is 79.4 cm³/mol. The number of rotatable bonds is 5. The molecule has 20 heavy (non-hydrogen) atoms. The van der Waals surface area contributed by atoms with Crippen molar-refractivity contribution < 1.29 is 4.74 Å². The molecule has 3 heteroatoms.